The van der Waals surface area contributed by atoms with E-state index < -0.39 is 6.10 Å². The Morgan fingerprint density at radius 3 is 2.81 bits per heavy atom. The van der Waals surface area contributed by atoms with Crippen LogP contribution in [-0.4, -0.2) is 28.5 Å². The number of aromatic nitrogens is 2. The first-order valence-electron chi connectivity index (χ1n) is 6.54. The number of hydrogen-bond donors (Lipinski definition) is 1. The summed E-state index contributed by atoms with van der Waals surface area (Å²) >= 11 is 2.85. The van der Waals surface area contributed by atoms with Crippen LogP contribution in [0.1, 0.15) is 18.9 Å². The molecule has 0 aliphatic carbocycles. The first-order valence-corrected chi connectivity index (χ1v) is 8.58. The Morgan fingerprint density at radius 1 is 1.43 bits per heavy atom. The summed E-state index contributed by atoms with van der Waals surface area (Å²) in [7, 11) is 0. The summed E-state index contributed by atoms with van der Waals surface area (Å²) in [4.78, 5) is 12.3. The molecule has 5 nitrogen and oxygen atoms in total. The van der Waals surface area contributed by atoms with E-state index in [-0.39, 0.29) is 5.91 Å². The van der Waals surface area contributed by atoms with Gasteiger partial charge in [-0.2, -0.15) is 0 Å². The smallest absolute Gasteiger partial charge is 0.267 e. The van der Waals surface area contributed by atoms with Crippen molar-refractivity contribution in [3.8, 4) is 5.75 Å². The van der Waals surface area contributed by atoms with Crippen LogP contribution in [0.2, 0.25) is 0 Å². The molecule has 7 heteroatoms. The normalized spacial score (nSPS) is 12.0. The molecule has 0 spiro atoms. The standard InChI is InChI=1S/C14H17N3O2S2/c1-4-10(19-11-8-6-5-7-9(11)2)12(18)15-13-16-17-14(20-3)21-13/h5-8,10H,4H2,1-3H3,(H,15,16,18). The predicted octanol–water partition coefficient (Wildman–Crippen LogP) is 3.36. The van der Waals surface area contributed by atoms with Crippen molar-refractivity contribution in [2.45, 2.75) is 30.7 Å². The van der Waals surface area contributed by atoms with Crippen molar-refractivity contribution in [2.75, 3.05) is 11.6 Å². The van der Waals surface area contributed by atoms with Gasteiger partial charge < -0.3 is 4.74 Å². The molecule has 1 N–H and O–H groups in total. The SMILES string of the molecule is CCC(Oc1ccccc1C)C(=O)Nc1nnc(SC)s1. The monoisotopic (exact) mass is 323 g/mol. The number of ether oxygens (including phenoxy) is 1. The third-order valence-corrected chi connectivity index (χ3v) is 4.65. The molecule has 0 bridgehead atoms. The van der Waals surface area contributed by atoms with Crippen molar-refractivity contribution >= 4 is 34.1 Å². The molecular formula is C14H17N3O2S2. The van der Waals surface area contributed by atoms with Crippen LogP contribution in [0.3, 0.4) is 0 Å². The van der Waals surface area contributed by atoms with E-state index in [1.165, 1.54) is 23.1 Å². The maximum absolute atomic E-state index is 12.3. The molecule has 0 saturated heterocycles. The summed E-state index contributed by atoms with van der Waals surface area (Å²) in [6, 6.07) is 7.65. The van der Waals surface area contributed by atoms with E-state index in [1.807, 2.05) is 44.4 Å². The highest BCUT2D eigenvalue weighted by molar-refractivity contribution is 8.00. The molecule has 21 heavy (non-hydrogen) atoms. The van der Waals surface area contributed by atoms with Crippen LogP contribution in [0.15, 0.2) is 28.6 Å². The minimum absolute atomic E-state index is 0.204. The molecule has 1 aromatic heterocycles. The van der Waals surface area contributed by atoms with Crippen LogP contribution in [0.5, 0.6) is 5.75 Å². The van der Waals surface area contributed by atoms with Crippen LogP contribution in [0.4, 0.5) is 5.13 Å². The van der Waals surface area contributed by atoms with Crippen LogP contribution in [0, 0.1) is 6.92 Å². The Morgan fingerprint density at radius 2 is 2.19 bits per heavy atom. The van der Waals surface area contributed by atoms with Crippen molar-refractivity contribution in [2.24, 2.45) is 0 Å². The minimum Gasteiger partial charge on any atom is -0.480 e. The van der Waals surface area contributed by atoms with Crippen molar-refractivity contribution < 1.29 is 9.53 Å². The molecule has 0 saturated carbocycles. The number of carbonyl (C=O) groups is 1. The Bertz CT molecular complexity index is 616. The third kappa shape index (κ3) is 4.18. The number of carbonyl (C=O) groups excluding carboxylic acids is 1. The molecule has 0 aliphatic heterocycles. The first-order chi connectivity index (χ1) is 10.1. The van der Waals surface area contributed by atoms with E-state index in [0.717, 1.165) is 15.7 Å². The number of anilines is 1. The molecule has 1 amide bonds. The van der Waals surface area contributed by atoms with Gasteiger partial charge in [0.05, 0.1) is 0 Å². The van der Waals surface area contributed by atoms with Gasteiger partial charge in [-0.15, -0.1) is 10.2 Å². The number of aryl methyl sites for hydroxylation is 1. The van der Waals surface area contributed by atoms with Crippen LogP contribution in [-0.2, 0) is 4.79 Å². The summed E-state index contributed by atoms with van der Waals surface area (Å²) in [6.07, 6.45) is 1.95. The molecule has 0 radical (unpaired) electrons. The zero-order valence-corrected chi connectivity index (χ0v) is 13.8. The Hall–Kier alpha value is -1.60. The average molecular weight is 323 g/mol. The van der Waals surface area contributed by atoms with Crippen LogP contribution < -0.4 is 10.1 Å². The first kappa shape index (κ1) is 15.8. The van der Waals surface area contributed by atoms with E-state index in [0.29, 0.717) is 11.6 Å². The fourth-order valence-corrected chi connectivity index (χ4v) is 2.87. The van der Waals surface area contributed by atoms with Crippen molar-refractivity contribution in [3.05, 3.63) is 29.8 Å². The second-order valence-electron chi connectivity index (χ2n) is 4.35. The summed E-state index contributed by atoms with van der Waals surface area (Å²) < 4.78 is 6.62. The Labute approximate surface area is 132 Å². The molecule has 0 fully saturated rings. The van der Waals surface area contributed by atoms with Gasteiger partial charge in [0.1, 0.15) is 5.75 Å². The van der Waals surface area contributed by atoms with Crippen molar-refractivity contribution in [3.63, 3.8) is 0 Å². The summed E-state index contributed by atoms with van der Waals surface area (Å²) in [5.41, 5.74) is 1.00. The number of thioether (sulfide) groups is 1. The van der Waals surface area contributed by atoms with Gasteiger partial charge in [0.2, 0.25) is 5.13 Å². The van der Waals surface area contributed by atoms with Crippen LogP contribution >= 0.6 is 23.1 Å². The van der Waals surface area contributed by atoms with Gasteiger partial charge in [0.25, 0.3) is 5.91 Å². The lowest BCUT2D eigenvalue weighted by atomic mass is 10.2. The topological polar surface area (TPSA) is 64.1 Å². The molecule has 1 heterocycles. The van der Waals surface area contributed by atoms with Crippen molar-refractivity contribution in [1.29, 1.82) is 0 Å². The highest BCUT2D eigenvalue weighted by Crippen LogP contribution is 2.24. The summed E-state index contributed by atoms with van der Waals surface area (Å²) in [6.45, 7) is 3.87. The minimum atomic E-state index is -0.548. The quantitative estimate of drug-likeness (QED) is 0.652. The molecule has 0 aliphatic rings. The predicted molar refractivity (Wildman–Crippen MR) is 86.2 cm³/mol. The van der Waals surface area contributed by atoms with Gasteiger partial charge in [-0.3, -0.25) is 10.1 Å². The maximum atomic E-state index is 12.3. The number of rotatable bonds is 6. The zero-order chi connectivity index (χ0) is 15.2. The molecule has 2 aromatic rings. The Kier molecular flexibility index (Phi) is 5.58. The lowest BCUT2D eigenvalue weighted by Crippen LogP contribution is -2.32. The molecule has 1 unspecified atom stereocenters. The van der Waals surface area contributed by atoms with Gasteiger partial charge >= 0.3 is 0 Å². The van der Waals surface area contributed by atoms with Crippen molar-refractivity contribution in [1.82, 2.24) is 10.2 Å². The number of para-hydroxylation sites is 1. The summed E-state index contributed by atoms with van der Waals surface area (Å²) in [5, 5.41) is 11.1. The number of nitrogens with zero attached hydrogens (tertiary/aromatic N) is 2. The second-order valence-corrected chi connectivity index (χ2v) is 6.38. The zero-order valence-electron chi connectivity index (χ0n) is 12.1. The maximum Gasteiger partial charge on any atom is 0.267 e. The number of benzene rings is 1. The number of hydrogen-bond acceptors (Lipinski definition) is 6. The molecule has 1 aromatic carbocycles. The van der Waals surface area contributed by atoms with Gasteiger partial charge in [0.15, 0.2) is 10.4 Å². The highest BCUT2D eigenvalue weighted by Gasteiger charge is 2.20. The lowest BCUT2D eigenvalue weighted by Gasteiger charge is -2.17. The molecule has 112 valence electrons. The van der Waals surface area contributed by atoms with Gasteiger partial charge in [-0.25, -0.2) is 0 Å². The highest BCUT2D eigenvalue weighted by atomic mass is 32.2. The largest absolute Gasteiger partial charge is 0.480 e. The van der Waals surface area contributed by atoms with E-state index in [9.17, 15) is 4.79 Å². The average Bonchev–Trinajstić information content (AvgIpc) is 2.94. The van der Waals surface area contributed by atoms with Gasteiger partial charge in [-0.05, 0) is 31.2 Å². The van der Waals surface area contributed by atoms with E-state index in [4.69, 9.17) is 4.74 Å². The molecule has 1 atom stereocenters. The molecular weight excluding hydrogens is 306 g/mol. The fourth-order valence-electron chi connectivity index (χ4n) is 1.69. The van der Waals surface area contributed by atoms with E-state index in [1.54, 1.807) is 0 Å². The number of nitrogens with one attached hydrogen (secondary N) is 1. The van der Waals surface area contributed by atoms with Crippen LogP contribution in [0.25, 0.3) is 0 Å². The van der Waals surface area contributed by atoms with Gasteiger partial charge in [0, 0.05) is 0 Å². The third-order valence-electron chi connectivity index (χ3n) is 2.84. The Balaban J connectivity index is 2.03. The molecule has 2 rings (SSSR count). The number of amides is 1. The van der Waals surface area contributed by atoms with Gasteiger partial charge in [-0.1, -0.05) is 48.2 Å². The lowest BCUT2D eigenvalue weighted by molar-refractivity contribution is -0.122. The summed E-state index contributed by atoms with van der Waals surface area (Å²) in [5.74, 6) is 0.520. The van der Waals surface area contributed by atoms with E-state index >= 15 is 0 Å². The fraction of sp³-hybridized carbons (Fsp3) is 0.357. The van der Waals surface area contributed by atoms with E-state index in [2.05, 4.69) is 15.5 Å². The second kappa shape index (κ2) is 7.42.